The van der Waals surface area contributed by atoms with Gasteiger partial charge in [0.05, 0.1) is 16.7 Å². The van der Waals surface area contributed by atoms with E-state index in [9.17, 15) is 70.6 Å². The average molecular weight is 1470 g/mol. The molecule has 7 aliphatic rings. The Kier molecular flexibility index (Phi) is 20.9. The first-order chi connectivity index (χ1) is 49.6. The van der Waals surface area contributed by atoms with Gasteiger partial charge in [0.2, 0.25) is 53.0 Å². The lowest BCUT2D eigenvalue weighted by Gasteiger charge is -2.40. The number of halogens is 2. The molecule has 34 heteroatoms. The lowest BCUT2D eigenvalue weighted by atomic mass is 9.89. The SMILES string of the molecule is N[C@H]1C(=O)N[C@@H]2Cc3ccc(c(Cl)c3)Oc3cc4cc(c3O)Oc3ccc(cc3Cl)[C@@H](O)[C@@H]3NC(=O)[C@H](NC(=O)[C@@H]4NC(=O)[C@@H](NC2=O)c2cc(O)cc(c2)Oc2cc1ccc2O)c1ccc(O)c(c1)-c1c(O)cc(O)cc1[C@@H](C(=O)NCCCCCC(=O)N[C@@H]1[C@@H](O)[C@@H](O)[C@@H](CO)O[C@H]1O)NC3=O. The normalized spacial score (nSPS) is 24.6. The largest absolute Gasteiger partial charge is 0.508 e. The molecular weight excluding hydrogens is 1410 g/mol. The van der Waals surface area contributed by atoms with Gasteiger partial charge in [0.15, 0.2) is 29.3 Å². The molecule has 7 aromatic rings. The molecule has 1 saturated heterocycles. The molecule has 0 saturated carbocycles. The number of rotatable bonds is 9. The molecule has 7 aromatic carbocycles. The topological polar surface area (TPSA) is 518 Å². The molecule has 14 rings (SSSR count). The van der Waals surface area contributed by atoms with Crippen molar-refractivity contribution in [2.24, 2.45) is 5.73 Å². The minimum absolute atomic E-state index is 0.105. The first-order valence-corrected chi connectivity index (χ1v) is 33.0. The van der Waals surface area contributed by atoms with E-state index in [-0.39, 0.29) is 99.5 Å². The number of carbonyl (C=O) groups is 8. The third-order valence-electron chi connectivity index (χ3n) is 18.1. The zero-order chi connectivity index (χ0) is 74.3. The molecule has 544 valence electrons. The first-order valence-electron chi connectivity index (χ1n) is 32.3. The molecule has 0 aliphatic carbocycles. The summed E-state index contributed by atoms with van der Waals surface area (Å²) in [7, 11) is 0. The Bertz CT molecular complexity index is 4630. The summed E-state index contributed by atoms with van der Waals surface area (Å²) in [5.74, 6) is -15.0. The van der Waals surface area contributed by atoms with Crippen LogP contribution in [0.15, 0.2) is 115 Å². The summed E-state index contributed by atoms with van der Waals surface area (Å²) in [6.07, 6.45) is -8.56. The second kappa shape index (κ2) is 30.0. The number of hydrogen-bond acceptors (Lipinski definition) is 24. The quantitative estimate of drug-likeness (QED) is 0.0923. The average Bonchev–Trinajstić information content (AvgIpc) is 0.781. The molecule has 0 unspecified atom stereocenters. The number of benzene rings is 7. The van der Waals surface area contributed by atoms with Crippen LogP contribution in [0.2, 0.25) is 10.0 Å². The van der Waals surface area contributed by atoms with Gasteiger partial charge in [-0.3, -0.25) is 38.4 Å². The lowest BCUT2D eigenvalue weighted by Crippen LogP contribution is -2.64. The highest BCUT2D eigenvalue weighted by Crippen LogP contribution is 2.48. The van der Waals surface area contributed by atoms with Crippen LogP contribution in [0.1, 0.15) is 101 Å². The maximum Gasteiger partial charge on any atom is 0.248 e. The van der Waals surface area contributed by atoms with E-state index in [0.717, 1.165) is 60.7 Å². The summed E-state index contributed by atoms with van der Waals surface area (Å²) < 4.78 is 23.6. The number of phenols is 6. The van der Waals surface area contributed by atoms with Crippen LogP contribution < -0.4 is 62.5 Å². The summed E-state index contributed by atoms with van der Waals surface area (Å²) in [5, 5.41) is 142. The van der Waals surface area contributed by atoms with Crippen LogP contribution in [0, 0.1) is 0 Å². The van der Waals surface area contributed by atoms with E-state index >= 15 is 24.0 Å². The van der Waals surface area contributed by atoms with Crippen LogP contribution >= 0.6 is 23.2 Å². The third kappa shape index (κ3) is 15.2. The van der Waals surface area contributed by atoms with Crippen LogP contribution in [-0.2, 0) is 49.5 Å². The number of nitrogens with one attached hydrogen (secondary N) is 8. The van der Waals surface area contributed by atoms with Gasteiger partial charge in [-0.05, 0) is 131 Å². The third-order valence-corrected chi connectivity index (χ3v) is 18.7. The second-order valence-electron chi connectivity index (χ2n) is 25.2. The van der Waals surface area contributed by atoms with Crippen molar-refractivity contribution in [3.8, 4) is 80.1 Å². The highest BCUT2D eigenvalue weighted by molar-refractivity contribution is 6.32. The molecule has 13 atom stereocenters. The number of aromatic hydroxyl groups is 6. The Labute approximate surface area is 598 Å². The van der Waals surface area contributed by atoms with Gasteiger partial charge in [0.25, 0.3) is 0 Å². The first kappa shape index (κ1) is 72.6. The number of nitrogens with two attached hydrogens (primary N) is 1. The molecule has 8 amide bonds. The van der Waals surface area contributed by atoms with Crippen molar-refractivity contribution in [3.63, 3.8) is 0 Å². The summed E-state index contributed by atoms with van der Waals surface area (Å²) in [6.45, 7) is -0.898. The van der Waals surface area contributed by atoms with Crippen molar-refractivity contribution < 1.29 is 113 Å². The number of fused-ring (bicyclic) bond motifs is 14. The number of phenolic OH excluding ortho intramolecular Hbond substituents is 6. The van der Waals surface area contributed by atoms with E-state index in [2.05, 4.69) is 42.5 Å². The molecule has 17 bridgehead atoms. The molecule has 0 radical (unpaired) electrons. The maximum atomic E-state index is 15.9. The predicted octanol–water partition coefficient (Wildman–Crippen LogP) is 2.49. The van der Waals surface area contributed by atoms with Gasteiger partial charge < -0.3 is 123 Å². The number of aliphatic hydroxyl groups is 5. The van der Waals surface area contributed by atoms with Gasteiger partial charge >= 0.3 is 0 Å². The summed E-state index contributed by atoms with van der Waals surface area (Å²) in [6, 6.07) is 6.80. The van der Waals surface area contributed by atoms with Crippen LogP contribution in [0.25, 0.3) is 11.1 Å². The molecule has 104 heavy (non-hydrogen) atoms. The van der Waals surface area contributed by atoms with Gasteiger partial charge in [-0.25, -0.2) is 0 Å². The van der Waals surface area contributed by atoms with Crippen molar-refractivity contribution in [1.29, 1.82) is 0 Å². The van der Waals surface area contributed by atoms with Gasteiger partial charge in [0.1, 0.15) is 113 Å². The minimum atomic E-state index is -2.22. The Morgan fingerprint density at radius 1 is 0.538 bits per heavy atom. The Morgan fingerprint density at radius 2 is 1.15 bits per heavy atom. The lowest BCUT2D eigenvalue weighted by molar-refractivity contribution is -0.253. The van der Waals surface area contributed by atoms with Crippen LogP contribution in [0.4, 0.5) is 0 Å². The zero-order valence-corrected chi connectivity index (χ0v) is 55.6. The van der Waals surface area contributed by atoms with Crippen LogP contribution in [0.3, 0.4) is 0 Å². The molecule has 32 nitrogen and oxygen atoms in total. The van der Waals surface area contributed by atoms with E-state index in [0.29, 0.717) is 5.56 Å². The Balaban J connectivity index is 0.950. The van der Waals surface area contributed by atoms with E-state index in [1.54, 1.807) is 0 Å². The highest BCUT2D eigenvalue weighted by atomic mass is 35.5. The summed E-state index contributed by atoms with van der Waals surface area (Å²) in [4.78, 5) is 119. The van der Waals surface area contributed by atoms with Crippen LogP contribution in [-0.4, -0.2) is 159 Å². The number of carbonyl (C=O) groups excluding carboxylic acids is 8. The van der Waals surface area contributed by atoms with E-state index in [4.69, 9.17) is 47.9 Å². The van der Waals surface area contributed by atoms with Gasteiger partial charge in [-0.1, -0.05) is 53.9 Å². The number of amides is 8. The number of hydrogen-bond donors (Lipinski definition) is 20. The number of ether oxygens (including phenoxy) is 4. The zero-order valence-electron chi connectivity index (χ0n) is 54.1. The maximum absolute atomic E-state index is 15.9. The molecule has 1 fully saturated rings. The Morgan fingerprint density at radius 3 is 1.85 bits per heavy atom. The fourth-order valence-corrected chi connectivity index (χ4v) is 13.1. The van der Waals surface area contributed by atoms with Crippen molar-refractivity contribution in [1.82, 2.24) is 42.5 Å². The van der Waals surface area contributed by atoms with Gasteiger partial charge in [0, 0.05) is 42.6 Å². The van der Waals surface area contributed by atoms with E-state index in [1.807, 2.05) is 0 Å². The smallest absolute Gasteiger partial charge is 0.248 e. The predicted molar refractivity (Wildman–Crippen MR) is 361 cm³/mol. The fraction of sp³-hybridized carbons (Fsp3) is 0.286. The van der Waals surface area contributed by atoms with E-state index in [1.165, 1.54) is 54.6 Å². The number of aliphatic hydroxyl groups excluding tert-OH is 5. The van der Waals surface area contributed by atoms with Gasteiger partial charge in [-0.2, -0.15) is 0 Å². The van der Waals surface area contributed by atoms with Crippen molar-refractivity contribution >= 4 is 70.5 Å². The number of unbranched alkanes of at least 4 members (excludes halogenated alkanes) is 2. The molecule has 0 aromatic heterocycles. The van der Waals surface area contributed by atoms with E-state index < -0.39 is 196 Å². The van der Waals surface area contributed by atoms with Crippen LogP contribution in [0.5, 0.6) is 69.0 Å². The van der Waals surface area contributed by atoms with Crippen molar-refractivity contribution in [2.45, 2.75) is 111 Å². The Hall–Kier alpha value is -11.2. The van der Waals surface area contributed by atoms with Crippen molar-refractivity contribution in [2.75, 3.05) is 13.2 Å². The molecule has 21 N–H and O–H groups in total. The minimum Gasteiger partial charge on any atom is -0.508 e. The molecule has 7 heterocycles. The second-order valence-corrected chi connectivity index (χ2v) is 26.0. The highest BCUT2D eigenvalue weighted by Gasteiger charge is 2.45. The molecule has 0 spiro atoms. The van der Waals surface area contributed by atoms with Gasteiger partial charge in [-0.15, -0.1) is 0 Å². The molecule has 7 aliphatic heterocycles. The summed E-state index contributed by atoms with van der Waals surface area (Å²) in [5.41, 5.74) is 4.51. The summed E-state index contributed by atoms with van der Waals surface area (Å²) >= 11 is 13.8. The standard InChI is InChI=1S/C70H67Cl2N9O23/c71-38-14-27-5-11-44(38)102-47-21-32-22-48(60(47)90)103-45-12-8-30(19-39(45)72)59(89)57-69(99)80-56(65(95)74-13-3-1-2-4-50(88)76-58-62(92)61(91)49(26-82)104-70(58)100)37-24-34(84)25-43(87)51(37)36-18-29(7-9-41(36)85)53(66(96)81-57)78-68(98)55(32)79-67(97)54-31-16-33(83)23-35(17-31)101-46-20-28(6-10-42(46)86)52(73)64(94)75-40(15-27)63(93)77-54/h5-12,14,16-25,40,49,52-59,61-62,70,82-87,89-92,100H,1-4,13,15,26,73H2,(H,74,95)(H,75,94)(H,76,88)(H,77,93)(H,78,98)(H,79,97)(H,80,99)(H,81,96)/t40-,49-,52-,53-,54+,55-,56+,57+,58-,59-,61+,62-,70-/m1/s1. The fourth-order valence-electron chi connectivity index (χ4n) is 12.6. The van der Waals surface area contributed by atoms with Crippen molar-refractivity contribution in [3.05, 3.63) is 164 Å². The molecular formula is C70H67Cl2N9O23. The monoisotopic (exact) mass is 1470 g/mol.